The van der Waals surface area contributed by atoms with Crippen molar-refractivity contribution < 1.29 is 9.53 Å². The number of anilines is 1. The fourth-order valence-corrected chi connectivity index (χ4v) is 1.06. The van der Waals surface area contributed by atoms with E-state index < -0.39 is 0 Å². The van der Waals surface area contributed by atoms with E-state index in [1.807, 2.05) is 30.3 Å². The van der Waals surface area contributed by atoms with Crippen molar-refractivity contribution in [3.8, 4) is 0 Å². The Hall–Kier alpha value is -1.71. The molecule has 0 spiro atoms. The predicted octanol–water partition coefficient (Wildman–Crippen LogP) is 2.14. The van der Waals surface area contributed by atoms with E-state index in [-0.39, 0.29) is 12.3 Å². The Morgan fingerprint density at radius 3 is 2.47 bits per heavy atom. The zero-order valence-electron chi connectivity index (χ0n) is 9.23. The van der Waals surface area contributed by atoms with Crippen molar-refractivity contribution in [1.82, 2.24) is 4.90 Å². The smallest absolute Gasteiger partial charge is 0.411 e. The fraction of sp³-hybridized carbons (Fsp3) is 0.364. The maximum Gasteiger partial charge on any atom is 0.411 e. The molecule has 0 saturated heterocycles. The van der Waals surface area contributed by atoms with E-state index in [1.165, 1.54) is 4.90 Å². The second-order valence-electron chi connectivity index (χ2n) is 3.43. The summed E-state index contributed by atoms with van der Waals surface area (Å²) in [5.41, 5.74) is 0.927. The van der Waals surface area contributed by atoms with Gasteiger partial charge in [0.05, 0.1) is 0 Å². The van der Waals surface area contributed by atoms with Gasteiger partial charge < -0.3 is 15.0 Å². The molecule has 0 bridgehead atoms. The van der Waals surface area contributed by atoms with E-state index in [9.17, 15) is 4.79 Å². The highest BCUT2D eigenvalue weighted by Crippen LogP contribution is 2.07. The Bertz CT molecular complexity index is 312. The molecule has 1 unspecified atom stereocenters. The molecule has 0 fully saturated rings. The third-order valence-electron chi connectivity index (χ3n) is 1.79. The lowest BCUT2D eigenvalue weighted by Gasteiger charge is -2.18. The van der Waals surface area contributed by atoms with Crippen LogP contribution in [0, 0.1) is 0 Å². The van der Waals surface area contributed by atoms with Gasteiger partial charge in [-0.15, -0.1) is 0 Å². The number of nitrogens with zero attached hydrogens (tertiary/aromatic N) is 1. The van der Waals surface area contributed by atoms with Gasteiger partial charge in [0.25, 0.3) is 0 Å². The summed E-state index contributed by atoms with van der Waals surface area (Å²) in [6.07, 6.45) is -0.701. The Morgan fingerprint density at radius 2 is 1.93 bits per heavy atom. The maximum atomic E-state index is 11.2. The molecule has 0 saturated carbocycles. The second kappa shape index (κ2) is 5.24. The van der Waals surface area contributed by atoms with Gasteiger partial charge >= 0.3 is 6.09 Å². The number of para-hydroxylation sites is 1. The Balaban J connectivity index is 2.43. The molecule has 1 atom stereocenters. The van der Waals surface area contributed by atoms with E-state index >= 15 is 0 Å². The molecular formula is C11H16N2O2. The van der Waals surface area contributed by atoms with Gasteiger partial charge in [-0.3, -0.25) is 0 Å². The van der Waals surface area contributed by atoms with E-state index in [2.05, 4.69) is 5.32 Å². The predicted molar refractivity (Wildman–Crippen MR) is 59.7 cm³/mol. The number of amides is 1. The van der Waals surface area contributed by atoms with Crippen molar-refractivity contribution in [3.05, 3.63) is 30.3 Å². The van der Waals surface area contributed by atoms with Crippen LogP contribution < -0.4 is 5.32 Å². The Kier molecular flexibility index (Phi) is 3.97. The Labute approximate surface area is 89.8 Å². The number of benzene rings is 1. The molecule has 1 amide bonds. The monoisotopic (exact) mass is 208 g/mol. The highest BCUT2D eigenvalue weighted by molar-refractivity contribution is 5.67. The van der Waals surface area contributed by atoms with Crippen molar-refractivity contribution in [3.63, 3.8) is 0 Å². The fourth-order valence-electron chi connectivity index (χ4n) is 1.06. The van der Waals surface area contributed by atoms with E-state index in [0.717, 1.165) is 5.69 Å². The van der Waals surface area contributed by atoms with Crippen LogP contribution in [0.2, 0.25) is 0 Å². The molecule has 15 heavy (non-hydrogen) atoms. The molecule has 0 aliphatic carbocycles. The van der Waals surface area contributed by atoms with Gasteiger partial charge in [0.15, 0.2) is 6.23 Å². The second-order valence-corrected chi connectivity index (χ2v) is 3.43. The zero-order chi connectivity index (χ0) is 11.3. The quantitative estimate of drug-likeness (QED) is 0.774. The van der Waals surface area contributed by atoms with Crippen molar-refractivity contribution in [2.45, 2.75) is 13.2 Å². The minimum absolute atomic E-state index is 0.345. The summed E-state index contributed by atoms with van der Waals surface area (Å²) in [5.74, 6) is 0. The number of carbonyl (C=O) groups excluding carboxylic acids is 1. The number of nitrogens with one attached hydrogen (secondary N) is 1. The third kappa shape index (κ3) is 3.89. The van der Waals surface area contributed by atoms with Crippen molar-refractivity contribution >= 4 is 11.8 Å². The first-order valence-corrected chi connectivity index (χ1v) is 4.79. The van der Waals surface area contributed by atoms with Crippen LogP contribution in [0.4, 0.5) is 10.5 Å². The third-order valence-corrected chi connectivity index (χ3v) is 1.79. The number of carbonyl (C=O) groups is 1. The number of rotatable bonds is 3. The first kappa shape index (κ1) is 11.4. The molecule has 1 aromatic rings. The molecule has 1 aromatic carbocycles. The minimum Gasteiger partial charge on any atom is -0.426 e. The van der Waals surface area contributed by atoms with Crippen LogP contribution in [0.5, 0.6) is 0 Å². The average molecular weight is 208 g/mol. The van der Waals surface area contributed by atoms with Crippen molar-refractivity contribution in [1.29, 1.82) is 0 Å². The average Bonchev–Trinajstić information content (AvgIpc) is 2.18. The first-order valence-electron chi connectivity index (χ1n) is 4.79. The number of hydrogen-bond acceptors (Lipinski definition) is 3. The van der Waals surface area contributed by atoms with Crippen LogP contribution in [0.3, 0.4) is 0 Å². The molecule has 0 aromatic heterocycles. The molecule has 0 heterocycles. The largest absolute Gasteiger partial charge is 0.426 e. The highest BCUT2D eigenvalue weighted by Gasteiger charge is 2.09. The molecule has 1 N–H and O–H groups in total. The molecule has 0 aliphatic heterocycles. The topological polar surface area (TPSA) is 41.6 Å². The van der Waals surface area contributed by atoms with Gasteiger partial charge in [0, 0.05) is 19.8 Å². The van der Waals surface area contributed by atoms with Crippen LogP contribution in [-0.4, -0.2) is 31.3 Å². The molecular weight excluding hydrogens is 192 g/mol. The van der Waals surface area contributed by atoms with Gasteiger partial charge in [-0.05, 0) is 19.1 Å². The van der Waals surface area contributed by atoms with E-state index in [1.54, 1.807) is 21.0 Å². The number of ether oxygens (including phenoxy) is 1. The molecule has 4 heteroatoms. The molecule has 0 aliphatic rings. The summed E-state index contributed by atoms with van der Waals surface area (Å²) in [7, 11) is 3.30. The zero-order valence-corrected chi connectivity index (χ0v) is 9.23. The van der Waals surface area contributed by atoms with Crippen LogP contribution in [0.15, 0.2) is 30.3 Å². The van der Waals surface area contributed by atoms with Gasteiger partial charge in [-0.1, -0.05) is 18.2 Å². The van der Waals surface area contributed by atoms with Crippen LogP contribution >= 0.6 is 0 Å². The lowest BCUT2D eigenvalue weighted by molar-refractivity contribution is 0.0937. The molecule has 0 radical (unpaired) electrons. The molecule has 82 valence electrons. The maximum absolute atomic E-state index is 11.2. The van der Waals surface area contributed by atoms with Crippen LogP contribution in [0.1, 0.15) is 6.92 Å². The first-order chi connectivity index (χ1) is 7.09. The summed E-state index contributed by atoms with van der Waals surface area (Å²) < 4.78 is 5.09. The summed E-state index contributed by atoms with van der Waals surface area (Å²) in [6.45, 7) is 1.79. The minimum atomic E-state index is -0.356. The van der Waals surface area contributed by atoms with Gasteiger partial charge in [-0.25, -0.2) is 4.79 Å². The van der Waals surface area contributed by atoms with Crippen LogP contribution in [-0.2, 0) is 4.74 Å². The standard InChI is InChI=1S/C11H16N2O2/c1-9(15-11(14)13(2)3)12-10-7-5-4-6-8-10/h4-9,12H,1-3H3. The SMILES string of the molecule is CC(Nc1ccccc1)OC(=O)N(C)C. The normalized spacial score (nSPS) is 11.7. The lowest BCUT2D eigenvalue weighted by atomic mass is 10.3. The summed E-state index contributed by atoms with van der Waals surface area (Å²) in [6, 6.07) is 9.60. The van der Waals surface area contributed by atoms with Crippen molar-refractivity contribution in [2.24, 2.45) is 0 Å². The van der Waals surface area contributed by atoms with Crippen molar-refractivity contribution in [2.75, 3.05) is 19.4 Å². The van der Waals surface area contributed by atoms with Crippen LogP contribution in [0.25, 0.3) is 0 Å². The lowest BCUT2D eigenvalue weighted by Crippen LogP contribution is -2.30. The van der Waals surface area contributed by atoms with E-state index in [0.29, 0.717) is 0 Å². The van der Waals surface area contributed by atoms with Gasteiger partial charge in [0.2, 0.25) is 0 Å². The number of hydrogen-bond donors (Lipinski definition) is 1. The summed E-state index contributed by atoms with van der Waals surface area (Å²) >= 11 is 0. The summed E-state index contributed by atoms with van der Waals surface area (Å²) in [5, 5.41) is 3.06. The van der Waals surface area contributed by atoms with Gasteiger partial charge in [-0.2, -0.15) is 0 Å². The molecule has 1 rings (SSSR count). The highest BCUT2D eigenvalue weighted by atomic mass is 16.6. The van der Waals surface area contributed by atoms with E-state index in [4.69, 9.17) is 4.74 Å². The van der Waals surface area contributed by atoms with Gasteiger partial charge in [0.1, 0.15) is 0 Å². The summed E-state index contributed by atoms with van der Waals surface area (Å²) in [4.78, 5) is 12.6. The Morgan fingerprint density at radius 1 is 1.33 bits per heavy atom. The molecule has 4 nitrogen and oxygen atoms in total.